The molecule has 0 radical (unpaired) electrons. The molecule has 1 fully saturated rings. The molecule has 0 atom stereocenters. The molecule has 1 aliphatic rings. The van der Waals surface area contributed by atoms with E-state index in [2.05, 4.69) is 15.3 Å². The number of anilines is 1. The van der Waals surface area contributed by atoms with Crippen LogP contribution in [0, 0.1) is 0 Å². The number of hydrogen-bond donors (Lipinski definition) is 1. The van der Waals surface area contributed by atoms with Crippen molar-refractivity contribution in [1.82, 2.24) is 9.97 Å². The average molecular weight is 327 g/mol. The van der Waals surface area contributed by atoms with Crippen molar-refractivity contribution in [3.63, 3.8) is 0 Å². The summed E-state index contributed by atoms with van der Waals surface area (Å²) in [7, 11) is 0. The summed E-state index contributed by atoms with van der Waals surface area (Å²) < 4.78 is 10.8. The van der Waals surface area contributed by atoms with E-state index in [1.54, 1.807) is 6.07 Å². The molecule has 0 spiro atoms. The van der Waals surface area contributed by atoms with E-state index in [4.69, 9.17) is 9.47 Å². The molecule has 0 saturated carbocycles. The van der Waals surface area contributed by atoms with Crippen molar-refractivity contribution in [3.8, 4) is 5.75 Å². The lowest BCUT2D eigenvalue weighted by molar-refractivity contribution is 0.0844. The molecular weight excluding hydrogens is 306 g/mol. The Morgan fingerprint density at radius 2 is 2.00 bits per heavy atom. The van der Waals surface area contributed by atoms with Crippen LogP contribution in [0.2, 0.25) is 0 Å². The molecule has 1 aliphatic heterocycles. The van der Waals surface area contributed by atoms with Gasteiger partial charge in [0.1, 0.15) is 17.8 Å². The molecule has 1 amide bonds. The first-order chi connectivity index (χ1) is 11.8. The zero-order valence-corrected chi connectivity index (χ0v) is 13.7. The fourth-order valence-corrected chi connectivity index (χ4v) is 2.71. The predicted octanol–water partition coefficient (Wildman–Crippen LogP) is 3.02. The van der Waals surface area contributed by atoms with Crippen LogP contribution in [0.4, 0.5) is 5.69 Å². The van der Waals surface area contributed by atoms with Gasteiger partial charge >= 0.3 is 0 Å². The van der Waals surface area contributed by atoms with E-state index in [-0.39, 0.29) is 5.91 Å². The maximum Gasteiger partial charge on any atom is 0.274 e. The summed E-state index contributed by atoms with van der Waals surface area (Å²) in [6, 6.07) is 9.05. The van der Waals surface area contributed by atoms with Crippen LogP contribution in [-0.2, 0) is 4.74 Å². The molecule has 2 heterocycles. The Bertz CT molecular complexity index is 682. The van der Waals surface area contributed by atoms with Crippen LogP contribution >= 0.6 is 0 Å². The van der Waals surface area contributed by atoms with E-state index in [0.29, 0.717) is 23.9 Å². The van der Waals surface area contributed by atoms with Crippen LogP contribution in [-0.4, -0.2) is 35.7 Å². The first kappa shape index (κ1) is 16.4. The number of amides is 1. The Kier molecular flexibility index (Phi) is 5.38. The van der Waals surface area contributed by atoms with Gasteiger partial charge in [0, 0.05) is 30.5 Å². The summed E-state index contributed by atoms with van der Waals surface area (Å²) in [6.07, 6.45) is 3.31. The summed E-state index contributed by atoms with van der Waals surface area (Å²) in [4.78, 5) is 20.8. The van der Waals surface area contributed by atoms with E-state index in [1.807, 2.05) is 31.2 Å². The van der Waals surface area contributed by atoms with Gasteiger partial charge in [-0.05, 0) is 50.1 Å². The number of aromatic nitrogens is 2. The second-order valence-electron chi connectivity index (χ2n) is 5.63. The van der Waals surface area contributed by atoms with Crippen LogP contribution in [0.3, 0.4) is 0 Å². The highest BCUT2D eigenvalue weighted by Crippen LogP contribution is 2.25. The second kappa shape index (κ2) is 7.88. The molecule has 1 aromatic heterocycles. The van der Waals surface area contributed by atoms with Gasteiger partial charge in [-0.1, -0.05) is 0 Å². The van der Waals surface area contributed by atoms with E-state index in [1.165, 1.54) is 6.33 Å². The molecule has 24 heavy (non-hydrogen) atoms. The smallest absolute Gasteiger partial charge is 0.274 e. The topological polar surface area (TPSA) is 73.3 Å². The molecule has 6 nitrogen and oxygen atoms in total. The van der Waals surface area contributed by atoms with E-state index in [9.17, 15) is 4.79 Å². The van der Waals surface area contributed by atoms with Gasteiger partial charge in [0.05, 0.1) is 6.61 Å². The summed E-state index contributed by atoms with van der Waals surface area (Å²) in [5.74, 6) is 0.869. The summed E-state index contributed by atoms with van der Waals surface area (Å²) in [5, 5.41) is 2.85. The van der Waals surface area contributed by atoms with Crippen molar-refractivity contribution in [1.29, 1.82) is 0 Å². The Morgan fingerprint density at radius 3 is 2.71 bits per heavy atom. The highest BCUT2D eigenvalue weighted by molar-refractivity contribution is 6.02. The van der Waals surface area contributed by atoms with Crippen molar-refractivity contribution in [3.05, 3.63) is 48.0 Å². The number of nitrogens with one attached hydrogen (secondary N) is 1. The van der Waals surface area contributed by atoms with E-state index < -0.39 is 0 Å². The normalized spacial score (nSPS) is 15.0. The van der Waals surface area contributed by atoms with Gasteiger partial charge in [-0.3, -0.25) is 4.79 Å². The van der Waals surface area contributed by atoms with Gasteiger partial charge in [-0.25, -0.2) is 9.97 Å². The van der Waals surface area contributed by atoms with Crippen LogP contribution < -0.4 is 10.1 Å². The van der Waals surface area contributed by atoms with Crippen LogP contribution in [0.5, 0.6) is 5.75 Å². The molecule has 0 unspecified atom stereocenters. The number of carbonyl (C=O) groups excluding carboxylic acids is 1. The number of ether oxygens (including phenoxy) is 2. The number of rotatable bonds is 5. The van der Waals surface area contributed by atoms with Crippen molar-refractivity contribution in [2.45, 2.75) is 25.7 Å². The first-order valence-corrected chi connectivity index (χ1v) is 8.20. The molecule has 3 rings (SSSR count). The summed E-state index contributed by atoms with van der Waals surface area (Å²) >= 11 is 0. The van der Waals surface area contributed by atoms with Crippen LogP contribution in [0.15, 0.2) is 36.7 Å². The lowest BCUT2D eigenvalue weighted by Gasteiger charge is -2.21. The highest BCUT2D eigenvalue weighted by Gasteiger charge is 2.19. The zero-order chi connectivity index (χ0) is 16.8. The molecule has 1 aromatic carbocycles. The molecule has 0 aliphatic carbocycles. The second-order valence-corrected chi connectivity index (χ2v) is 5.63. The summed E-state index contributed by atoms with van der Waals surface area (Å²) in [6.45, 7) is 4.02. The third kappa shape index (κ3) is 4.08. The Balaban J connectivity index is 1.68. The maximum absolute atomic E-state index is 12.4. The van der Waals surface area contributed by atoms with Crippen molar-refractivity contribution in [2.75, 3.05) is 25.1 Å². The number of hydrogen-bond acceptors (Lipinski definition) is 5. The third-order valence-corrected chi connectivity index (χ3v) is 3.98. The lowest BCUT2D eigenvalue weighted by atomic mass is 9.96. The van der Waals surface area contributed by atoms with Gasteiger partial charge in [-0.2, -0.15) is 0 Å². The number of nitrogens with zero attached hydrogens (tertiary/aromatic N) is 2. The predicted molar refractivity (Wildman–Crippen MR) is 90.4 cm³/mol. The van der Waals surface area contributed by atoms with Gasteiger partial charge < -0.3 is 14.8 Å². The van der Waals surface area contributed by atoms with Gasteiger partial charge in [0.2, 0.25) is 0 Å². The van der Waals surface area contributed by atoms with Gasteiger partial charge in [0.15, 0.2) is 0 Å². The molecule has 2 aromatic rings. The van der Waals surface area contributed by atoms with Crippen molar-refractivity contribution >= 4 is 11.6 Å². The Labute approximate surface area is 141 Å². The standard InChI is InChI=1S/C18H21N3O3/c1-2-24-15-5-3-14(4-6-15)21-18(22)17-11-16(19-12-20-17)13-7-9-23-10-8-13/h3-6,11-13H,2,7-10H2,1H3,(H,21,22). The van der Waals surface area contributed by atoms with Crippen molar-refractivity contribution < 1.29 is 14.3 Å². The monoisotopic (exact) mass is 327 g/mol. The van der Waals surface area contributed by atoms with Crippen LogP contribution in [0.1, 0.15) is 41.9 Å². The van der Waals surface area contributed by atoms with Gasteiger partial charge in [-0.15, -0.1) is 0 Å². The molecule has 126 valence electrons. The maximum atomic E-state index is 12.4. The number of carbonyl (C=O) groups is 1. The molecule has 1 N–H and O–H groups in total. The average Bonchev–Trinajstić information content (AvgIpc) is 2.64. The van der Waals surface area contributed by atoms with Crippen molar-refractivity contribution in [2.24, 2.45) is 0 Å². The minimum Gasteiger partial charge on any atom is -0.494 e. The fourth-order valence-electron chi connectivity index (χ4n) is 2.71. The van der Waals surface area contributed by atoms with Crippen LogP contribution in [0.25, 0.3) is 0 Å². The molecule has 6 heteroatoms. The van der Waals surface area contributed by atoms with Gasteiger partial charge in [0.25, 0.3) is 5.91 Å². The van der Waals surface area contributed by atoms with E-state index >= 15 is 0 Å². The minimum atomic E-state index is -0.241. The fraction of sp³-hybridized carbons (Fsp3) is 0.389. The number of benzene rings is 1. The largest absolute Gasteiger partial charge is 0.494 e. The summed E-state index contributed by atoms with van der Waals surface area (Å²) in [5.41, 5.74) is 1.99. The zero-order valence-electron chi connectivity index (χ0n) is 13.7. The SMILES string of the molecule is CCOc1ccc(NC(=O)c2cc(C3CCOCC3)ncn2)cc1. The molecular formula is C18H21N3O3. The lowest BCUT2D eigenvalue weighted by Crippen LogP contribution is -2.18. The van der Waals surface area contributed by atoms with E-state index in [0.717, 1.165) is 37.5 Å². The quantitative estimate of drug-likeness (QED) is 0.914. The third-order valence-electron chi connectivity index (χ3n) is 3.98. The highest BCUT2D eigenvalue weighted by atomic mass is 16.5. The Hall–Kier alpha value is -2.47. The Morgan fingerprint density at radius 1 is 1.25 bits per heavy atom. The first-order valence-electron chi connectivity index (χ1n) is 8.20. The molecule has 1 saturated heterocycles. The molecule has 0 bridgehead atoms. The minimum absolute atomic E-state index is 0.241.